The Hall–Kier alpha value is -2.54. The Morgan fingerprint density at radius 3 is 1.96 bits per heavy atom. The van der Waals surface area contributed by atoms with Gasteiger partial charge in [-0.05, 0) is 66.0 Å². The predicted octanol–water partition coefficient (Wildman–Crippen LogP) is 5.79. The van der Waals surface area contributed by atoms with Gasteiger partial charge in [0.25, 0.3) is 0 Å². The third kappa shape index (κ3) is 4.96. The van der Waals surface area contributed by atoms with Crippen molar-refractivity contribution in [2.45, 2.75) is 38.5 Å². The number of anilines is 1. The monoisotopic (exact) mass is 329 g/mol. The lowest BCUT2D eigenvalue weighted by atomic mass is 9.87. The van der Waals surface area contributed by atoms with Crippen molar-refractivity contribution in [3.05, 3.63) is 101 Å². The highest BCUT2D eigenvalue weighted by molar-refractivity contribution is 5.39. The molecule has 0 saturated carbocycles. The molecule has 0 fully saturated rings. The molecule has 25 heavy (non-hydrogen) atoms. The minimum Gasteiger partial charge on any atom is -0.399 e. The number of hydrogen-bond acceptors (Lipinski definition) is 1. The number of nitrogen functional groups attached to an aromatic ring is 1. The summed E-state index contributed by atoms with van der Waals surface area (Å²) in [5.41, 5.74) is 12.2. The lowest BCUT2D eigenvalue weighted by Gasteiger charge is -2.18. The van der Waals surface area contributed by atoms with Gasteiger partial charge in [0.1, 0.15) is 0 Å². The van der Waals surface area contributed by atoms with Gasteiger partial charge in [-0.15, -0.1) is 0 Å². The molecule has 3 rings (SSSR count). The molecule has 0 amide bonds. The summed E-state index contributed by atoms with van der Waals surface area (Å²) < 4.78 is 0. The molecule has 0 heterocycles. The molecular formula is C24H27N. The van der Waals surface area contributed by atoms with E-state index in [9.17, 15) is 0 Å². The second kappa shape index (κ2) is 8.53. The van der Waals surface area contributed by atoms with Gasteiger partial charge in [0.05, 0.1) is 0 Å². The van der Waals surface area contributed by atoms with Crippen LogP contribution >= 0.6 is 0 Å². The normalized spacial score (nSPS) is 12.0. The van der Waals surface area contributed by atoms with Gasteiger partial charge in [-0.1, -0.05) is 73.7 Å². The Morgan fingerprint density at radius 1 is 0.720 bits per heavy atom. The van der Waals surface area contributed by atoms with E-state index in [2.05, 4.69) is 73.7 Å². The summed E-state index contributed by atoms with van der Waals surface area (Å²) in [4.78, 5) is 0. The van der Waals surface area contributed by atoms with Gasteiger partial charge in [0.2, 0.25) is 0 Å². The van der Waals surface area contributed by atoms with Crippen LogP contribution < -0.4 is 5.73 Å². The van der Waals surface area contributed by atoms with Crippen LogP contribution in [0.4, 0.5) is 5.69 Å². The molecule has 0 aromatic heterocycles. The van der Waals surface area contributed by atoms with Crippen molar-refractivity contribution in [2.24, 2.45) is 0 Å². The summed E-state index contributed by atoms with van der Waals surface area (Å²) >= 11 is 0. The third-order valence-electron chi connectivity index (χ3n) is 4.95. The van der Waals surface area contributed by atoms with Gasteiger partial charge in [-0.25, -0.2) is 0 Å². The topological polar surface area (TPSA) is 26.0 Å². The molecule has 1 heteroatoms. The van der Waals surface area contributed by atoms with Crippen LogP contribution in [0.5, 0.6) is 0 Å². The van der Waals surface area contributed by atoms with Gasteiger partial charge < -0.3 is 5.73 Å². The van der Waals surface area contributed by atoms with Crippen LogP contribution in [0, 0.1) is 0 Å². The van der Waals surface area contributed by atoms with E-state index >= 15 is 0 Å². The van der Waals surface area contributed by atoms with Crippen LogP contribution in [0.2, 0.25) is 0 Å². The average molecular weight is 329 g/mol. The van der Waals surface area contributed by atoms with Gasteiger partial charge in [-0.2, -0.15) is 0 Å². The lowest BCUT2D eigenvalue weighted by Crippen LogP contribution is -2.05. The van der Waals surface area contributed by atoms with Gasteiger partial charge >= 0.3 is 0 Å². The van der Waals surface area contributed by atoms with Crippen molar-refractivity contribution in [1.82, 2.24) is 0 Å². The van der Waals surface area contributed by atoms with Gasteiger partial charge in [-0.3, -0.25) is 0 Å². The number of rotatable bonds is 7. The quantitative estimate of drug-likeness (QED) is 0.545. The zero-order valence-electron chi connectivity index (χ0n) is 15.0. The minimum absolute atomic E-state index is 0.534. The third-order valence-corrected chi connectivity index (χ3v) is 4.95. The van der Waals surface area contributed by atoms with E-state index < -0.39 is 0 Å². The SMILES string of the molecule is CCc1ccc(CC(CCc2ccc(N)cc2)c2ccccc2)cc1. The maximum Gasteiger partial charge on any atom is 0.0314 e. The smallest absolute Gasteiger partial charge is 0.0314 e. The van der Waals surface area contributed by atoms with Crippen molar-refractivity contribution in [2.75, 3.05) is 5.73 Å². The highest BCUT2D eigenvalue weighted by Crippen LogP contribution is 2.26. The van der Waals surface area contributed by atoms with Crippen LogP contribution in [0.1, 0.15) is 41.5 Å². The Balaban J connectivity index is 1.73. The molecule has 0 radical (unpaired) electrons. The summed E-state index contributed by atoms with van der Waals surface area (Å²) in [6, 6.07) is 28.3. The van der Waals surface area contributed by atoms with Crippen LogP contribution in [0.3, 0.4) is 0 Å². The fourth-order valence-corrected chi connectivity index (χ4v) is 3.33. The fourth-order valence-electron chi connectivity index (χ4n) is 3.33. The second-order valence-electron chi connectivity index (χ2n) is 6.76. The van der Waals surface area contributed by atoms with Crippen LogP contribution in [0.25, 0.3) is 0 Å². The van der Waals surface area contributed by atoms with E-state index in [0.29, 0.717) is 5.92 Å². The molecule has 3 aromatic rings. The summed E-state index contributed by atoms with van der Waals surface area (Å²) in [6.07, 6.45) is 4.40. The minimum atomic E-state index is 0.534. The first kappa shape index (κ1) is 17.3. The first-order valence-corrected chi connectivity index (χ1v) is 9.22. The van der Waals surface area contributed by atoms with Crippen molar-refractivity contribution < 1.29 is 0 Å². The summed E-state index contributed by atoms with van der Waals surface area (Å²) in [6.45, 7) is 2.20. The Morgan fingerprint density at radius 2 is 1.32 bits per heavy atom. The number of benzene rings is 3. The molecule has 0 saturated heterocycles. The standard InChI is InChI=1S/C24H27N/c1-2-19-8-10-21(11-9-19)18-23(22-6-4-3-5-7-22)15-12-20-13-16-24(25)17-14-20/h3-11,13-14,16-17,23H,2,12,15,18,25H2,1H3. The molecule has 2 N–H and O–H groups in total. The number of aryl methyl sites for hydroxylation is 2. The molecule has 1 atom stereocenters. The van der Waals surface area contributed by atoms with Gasteiger partial charge in [0, 0.05) is 5.69 Å². The summed E-state index contributed by atoms with van der Waals surface area (Å²) in [5.74, 6) is 0.534. The molecule has 0 bridgehead atoms. The van der Waals surface area contributed by atoms with E-state index in [-0.39, 0.29) is 0 Å². The van der Waals surface area contributed by atoms with Crippen LogP contribution in [-0.4, -0.2) is 0 Å². The molecule has 1 nitrogen and oxygen atoms in total. The zero-order valence-corrected chi connectivity index (χ0v) is 15.0. The number of nitrogens with two attached hydrogens (primary N) is 1. The predicted molar refractivity (Wildman–Crippen MR) is 108 cm³/mol. The van der Waals surface area contributed by atoms with E-state index in [1.807, 2.05) is 12.1 Å². The van der Waals surface area contributed by atoms with E-state index in [1.54, 1.807) is 0 Å². The van der Waals surface area contributed by atoms with Crippen molar-refractivity contribution in [3.63, 3.8) is 0 Å². The van der Waals surface area contributed by atoms with Crippen molar-refractivity contribution in [3.8, 4) is 0 Å². The first-order valence-electron chi connectivity index (χ1n) is 9.22. The second-order valence-corrected chi connectivity index (χ2v) is 6.76. The van der Waals surface area contributed by atoms with E-state index in [0.717, 1.165) is 31.4 Å². The van der Waals surface area contributed by atoms with Crippen LogP contribution in [-0.2, 0) is 19.3 Å². The summed E-state index contributed by atoms with van der Waals surface area (Å²) in [7, 11) is 0. The van der Waals surface area contributed by atoms with E-state index in [1.165, 1.54) is 22.3 Å². The van der Waals surface area contributed by atoms with Gasteiger partial charge in [0.15, 0.2) is 0 Å². The van der Waals surface area contributed by atoms with Crippen molar-refractivity contribution in [1.29, 1.82) is 0 Å². The first-order chi connectivity index (χ1) is 12.2. The zero-order chi connectivity index (χ0) is 17.5. The molecule has 0 aliphatic rings. The average Bonchev–Trinajstić information content (AvgIpc) is 2.67. The molecule has 1 unspecified atom stereocenters. The molecular weight excluding hydrogens is 302 g/mol. The van der Waals surface area contributed by atoms with E-state index in [4.69, 9.17) is 5.73 Å². The highest BCUT2D eigenvalue weighted by atomic mass is 14.5. The lowest BCUT2D eigenvalue weighted by molar-refractivity contribution is 0.621. The van der Waals surface area contributed by atoms with Crippen molar-refractivity contribution >= 4 is 5.69 Å². The van der Waals surface area contributed by atoms with Crippen LogP contribution in [0.15, 0.2) is 78.9 Å². The molecule has 128 valence electrons. The molecule has 0 spiro atoms. The maximum absolute atomic E-state index is 5.80. The Bertz CT molecular complexity index is 757. The Labute approximate surface area is 151 Å². The number of hydrogen-bond donors (Lipinski definition) is 1. The molecule has 3 aromatic carbocycles. The Kier molecular flexibility index (Phi) is 5.90. The molecule has 0 aliphatic heterocycles. The largest absolute Gasteiger partial charge is 0.399 e. The maximum atomic E-state index is 5.80. The highest BCUT2D eigenvalue weighted by Gasteiger charge is 2.12. The fraction of sp³-hybridized carbons (Fsp3) is 0.250. The molecule has 0 aliphatic carbocycles. The summed E-state index contributed by atoms with van der Waals surface area (Å²) in [5, 5.41) is 0.